The van der Waals surface area contributed by atoms with Crippen LogP contribution in [0.15, 0.2) is 18.2 Å². The minimum absolute atomic E-state index is 0.398. The van der Waals surface area contributed by atoms with Crippen LogP contribution >= 0.6 is 15.9 Å². The largest absolute Gasteiger partial charge is 0.496 e. The van der Waals surface area contributed by atoms with E-state index in [0.717, 1.165) is 5.75 Å². The molecule has 0 heterocycles. The second kappa shape index (κ2) is 4.26. The molecule has 0 N–H and O–H groups in total. The predicted octanol–water partition coefficient (Wildman–Crippen LogP) is 5.12. The molecule has 0 aliphatic heterocycles. The highest BCUT2D eigenvalue weighted by Crippen LogP contribution is 2.73. The van der Waals surface area contributed by atoms with E-state index >= 15 is 0 Å². The van der Waals surface area contributed by atoms with E-state index in [1.54, 1.807) is 7.11 Å². The van der Waals surface area contributed by atoms with Crippen LogP contribution in [0, 0.1) is 23.7 Å². The molecule has 0 spiro atoms. The van der Waals surface area contributed by atoms with Crippen molar-refractivity contribution in [2.45, 2.75) is 39.4 Å². The van der Waals surface area contributed by atoms with Crippen LogP contribution in [0.1, 0.15) is 43.6 Å². The summed E-state index contributed by atoms with van der Waals surface area (Å²) in [6.07, 6.45) is 0. The third-order valence-electron chi connectivity index (χ3n) is 5.16. The topological polar surface area (TPSA) is 9.23 Å². The molecule has 1 fully saturated rings. The minimum Gasteiger partial charge on any atom is -0.496 e. The highest BCUT2D eigenvalue weighted by molar-refractivity contribution is 9.09. The Morgan fingerprint density at radius 3 is 2.11 bits per heavy atom. The first-order valence-corrected chi connectivity index (χ1v) is 7.43. The highest BCUT2D eigenvalue weighted by Gasteiger charge is 2.66. The van der Waals surface area contributed by atoms with Gasteiger partial charge in [-0.25, -0.2) is 0 Å². The van der Waals surface area contributed by atoms with Crippen molar-refractivity contribution in [3.63, 3.8) is 0 Å². The van der Waals surface area contributed by atoms with Crippen LogP contribution in [-0.2, 0) is 0 Å². The summed E-state index contributed by atoms with van der Waals surface area (Å²) in [6, 6.07) is 6.49. The summed E-state index contributed by atoms with van der Waals surface area (Å²) < 4.78 is 5.32. The molecule has 0 aromatic heterocycles. The second-order valence-electron chi connectivity index (χ2n) is 6.55. The Balaban J connectivity index is 2.26. The van der Waals surface area contributed by atoms with E-state index in [0.29, 0.717) is 21.6 Å². The first kappa shape index (κ1) is 13.9. The van der Waals surface area contributed by atoms with Crippen LogP contribution < -0.4 is 4.74 Å². The van der Waals surface area contributed by atoms with E-state index in [9.17, 15) is 0 Å². The molecule has 1 unspecified atom stereocenters. The Morgan fingerprint density at radius 2 is 1.72 bits per heavy atom. The SMILES string of the molecule is COc1ccc(C(Br)C2C(C)(C)C2(C)C)cc1C. The Hall–Kier alpha value is -0.500. The third-order valence-corrected chi connectivity index (χ3v) is 6.22. The third kappa shape index (κ3) is 1.89. The highest BCUT2D eigenvalue weighted by atomic mass is 79.9. The van der Waals surface area contributed by atoms with Gasteiger partial charge in [-0.15, -0.1) is 0 Å². The molecule has 0 radical (unpaired) electrons. The normalized spacial score (nSPS) is 22.6. The van der Waals surface area contributed by atoms with Gasteiger partial charge < -0.3 is 4.74 Å². The van der Waals surface area contributed by atoms with Gasteiger partial charge in [-0.1, -0.05) is 55.8 Å². The lowest BCUT2D eigenvalue weighted by Crippen LogP contribution is -2.00. The van der Waals surface area contributed by atoms with Crippen molar-refractivity contribution < 1.29 is 4.74 Å². The van der Waals surface area contributed by atoms with Gasteiger partial charge in [-0.3, -0.25) is 0 Å². The number of ether oxygens (including phenoxy) is 1. The Bertz CT molecular complexity index is 448. The van der Waals surface area contributed by atoms with E-state index < -0.39 is 0 Å². The fourth-order valence-electron chi connectivity index (χ4n) is 3.24. The molecule has 1 aliphatic carbocycles. The summed E-state index contributed by atoms with van der Waals surface area (Å²) in [5.41, 5.74) is 3.36. The van der Waals surface area contributed by atoms with E-state index in [1.807, 2.05) is 0 Å². The monoisotopic (exact) mass is 310 g/mol. The number of methoxy groups -OCH3 is 1. The van der Waals surface area contributed by atoms with E-state index in [2.05, 4.69) is 68.7 Å². The number of alkyl halides is 1. The fourth-order valence-corrected chi connectivity index (χ4v) is 4.85. The van der Waals surface area contributed by atoms with Crippen molar-refractivity contribution in [1.82, 2.24) is 0 Å². The molecule has 1 aromatic carbocycles. The molecule has 0 amide bonds. The molecular formula is C16H23BrO. The lowest BCUT2D eigenvalue weighted by Gasteiger charge is -2.14. The van der Waals surface area contributed by atoms with Crippen molar-refractivity contribution >= 4 is 15.9 Å². The number of hydrogen-bond acceptors (Lipinski definition) is 1. The number of aryl methyl sites for hydroxylation is 1. The van der Waals surface area contributed by atoms with Gasteiger partial charge in [0.1, 0.15) is 5.75 Å². The van der Waals surface area contributed by atoms with E-state index in [-0.39, 0.29) is 0 Å². The summed E-state index contributed by atoms with van der Waals surface area (Å²) in [4.78, 5) is 0.423. The molecule has 1 saturated carbocycles. The summed E-state index contributed by atoms with van der Waals surface area (Å²) in [5, 5.41) is 0. The molecule has 2 rings (SSSR count). The molecule has 0 saturated heterocycles. The summed E-state index contributed by atoms with van der Waals surface area (Å²) >= 11 is 3.90. The lowest BCUT2D eigenvalue weighted by atomic mass is 10.0. The van der Waals surface area contributed by atoms with E-state index in [1.165, 1.54) is 11.1 Å². The lowest BCUT2D eigenvalue weighted by molar-refractivity contribution is 0.411. The Kier molecular flexibility index (Phi) is 3.30. The maximum absolute atomic E-state index is 5.32. The Labute approximate surface area is 119 Å². The molecule has 1 atom stereocenters. The first-order valence-electron chi connectivity index (χ1n) is 6.52. The van der Waals surface area contributed by atoms with Crippen LogP contribution in [0.5, 0.6) is 5.75 Å². The average Bonchev–Trinajstić information content (AvgIpc) is 2.68. The molecule has 1 aromatic rings. The smallest absolute Gasteiger partial charge is 0.121 e. The van der Waals surface area contributed by atoms with Gasteiger partial charge in [0, 0.05) is 4.83 Å². The van der Waals surface area contributed by atoms with Crippen LogP contribution in [0.2, 0.25) is 0 Å². The van der Waals surface area contributed by atoms with Crippen molar-refractivity contribution in [3.8, 4) is 5.75 Å². The predicted molar refractivity (Wildman–Crippen MR) is 80.5 cm³/mol. The number of rotatable bonds is 3. The molecule has 18 heavy (non-hydrogen) atoms. The van der Waals surface area contributed by atoms with Gasteiger partial charge in [0.2, 0.25) is 0 Å². The molecule has 1 nitrogen and oxygen atoms in total. The summed E-state index contributed by atoms with van der Waals surface area (Å²) in [5.74, 6) is 1.64. The molecule has 100 valence electrons. The number of hydrogen-bond donors (Lipinski definition) is 0. The van der Waals surface area contributed by atoms with Gasteiger partial charge >= 0.3 is 0 Å². The van der Waals surface area contributed by atoms with Crippen molar-refractivity contribution in [3.05, 3.63) is 29.3 Å². The second-order valence-corrected chi connectivity index (χ2v) is 7.54. The standard InChI is InChI=1S/C16H23BrO/c1-10-9-11(7-8-12(10)18-6)13(17)14-15(2,3)16(14,4)5/h7-9,13-14H,1-6H3. The fraction of sp³-hybridized carbons (Fsp3) is 0.625. The van der Waals surface area contributed by atoms with Gasteiger partial charge in [0.25, 0.3) is 0 Å². The molecule has 2 heteroatoms. The number of benzene rings is 1. The van der Waals surface area contributed by atoms with Crippen LogP contribution in [0.4, 0.5) is 0 Å². The maximum atomic E-state index is 5.32. The van der Waals surface area contributed by atoms with Crippen LogP contribution in [0.25, 0.3) is 0 Å². The average molecular weight is 311 g/mol. The van der Waals surface area contributed by atoms with Gasteiger partial charge in [0.05, 0.1) is 7.11 Å². The van der Waals surface area contributed by atoms with Crippen molar-refractivity contribution in [1.29, 1.82) is 0 Å². The molecular weight excluding hydrogens is 288 g/mol. The summed E-state index contributed by atoms with van der Waals surface area (Å²) in [7, 11) is 1.72. The zero-order chi connectivity index (χ0) is 13.7. The van der Waals surface area contributed by atoms with Gasteiger partial charge in [-0.05, 0) is 40.9 Å². The molecule has 0 bridgehead atoms. The quantitative estimate of drug-likeness (QED) is 0.704. The zero-order valence-electron chi connectivity index (χ0n) is 12.2. The van der Waals surface area contributed by atoms with Gasteiger partial charge in [-0.2, -0.15) is 0 Å². The number of halogens is 1. The minimum atomic E-state index is 0.398. The van der Waals surface area contributed by atoms with Crippen LogP contribution in [0.3, 0.4) is 0 Å². The van der Waals surface area contributed by atoms with E-state index in [4.69, 9.17) is 4.74 Å². The Morgan fingerprint density at radius 1 is 1.17 bits per heavy atom. The molecule has 1 aliphatic rings. The van der Waals surface area contributed by atoms with Crippen LogP contribution in [-0.4, -0.2) is 7.11 Å². The zero-order valence-corrected chi connectivity index (χ0v) is 13.8. The first-order chi connectivity index (χ1) is 8.23. The maximum Gasteiger partial charge on any atom is 0.121 e. The van der Waals surface area contributed by atoms with Crippen molar-refractivity contribution in [2.75, 3.05) is 7.11 Å². The van der Waals surface area contributed by atoms with Gasteiger partial charge in [0.15, 0.2) is 0 Å². The summed E-state index contributed by atoms with van der Waals surface area (Å²) in [6.45, 7) is 11.6. The van der Waals surface area contributed by atoms with Crippen molar-refractivity contribution in [2.24, 2.45) is 16.7 Å².